The number of rotatable bonds is 7. The number of thiazole rings is 1. The van der Waals surface area contributed by atoms with Crippen molar-refractivity contribution in [3.05, 3.63) is 241 Å². The molecule has 15 nitrogen and oxygen atoms in total. The SMILES string of the molecule is CN(C)c1ccnc(-c2[c-]cc(F)cc2F)c1.O=C(O)c1cnccn1.O=C(O)c1cocn1.O=C(O)c1nccs1.[Ir].[Ir].[Ir].[c-]1ccccc1-c1nccc2ccccc12.[c-]1ccccc1-c1nccc2ccccc12. The first-order chi connectivity index (χ1) is 35.9. The molecule has 0 aliphatic rings. The molecule has 6 heterocycles. The summed E-state index contributed by atoms with van der Waals surface area (Å²) in [5.41, 5.74) is 5.49. The zero-order valence-electron chi connectivity index (χ0n) is 40.2. The number of anilines is 1. The van der Waals surface area contributed by atoms with Crippen molar-refractivity contribution in [3.8, 4) is 33.8 Å². The third kappa shape index (κ3) is 19.6. The summed E-state index contributed by atoms with van der Waals surface area (Å²) in [7, 11) is 3.76. The number of fused-ring (bicyclic) bond motifs is 2. The molecule has 0 atom stereocenters. The molecule has 11 rings (SSSR count). The Balaban J connectivity index is 0.000000248. The van der Waals surface area contributed by atoms with Gasteiger partial charge in [0.25, 0.3) is 0 Å². The Labute approximate surface area is 484 Å². The van der Waals surface area contributed by atoms with Crippen molar-refractivity contribution in [1.29, 1.82) is 0 Å². The number of aromatic carboxylic acids is 3. The standard InChI is InChI=1S/2C15H10N.C13H11F2N2.C5H4N2O2.C4H3NO3.C4H3NO2S.3Ir/c2*1-2-7-13(8-3-1)15-14-9-5-4-6-12(14)10-11-16-15;1-17(2)10-5-6-16-13(8-10)11-4-3-9(14)7-12(11)15;8-5(9)4-3-6-1-2-7-4;6-4(7)3-1-8-2-5-3;6-4(7)3-5-1-2-8-3;;;/h2*1-7,9-11H;3,5-8H,1-2H3;1-3H,(H,8,9);2*1-2H,(H,6,7);;;/q3*-1;;;;;;. The van der Waals surface area contributed by atoms with Crippen molar-refractivity contribution < 1.29 is 103 Å². The molecule has 3 N–H and O–H groups in total. The Morgan fingerprint density at radius 1 is 0.584 bits per heavy atom. The molecule has 0 saturated carbocycles. The number of carboxylic acids is 3. The summed E-state index contributed by atoms with van der Waals surface area (Å²) < 4.78 is 30.7. The largest absolute Gasteiger partial charge is 0.476 e. The summed E-state index contributed by atoms with van der Waals surface area (Å²) in [6.45, 7) is 0. The third-order valence-electron chi connectivity index (χ3n) is 9.70. The number of hydrogen-bond donors (Lipinski definition) is 3. The molecule has 3 radical (unpaired) electrons. The monoisotopic (exact) mass is 1590 g/mol. The van der Waals surface area contributed by atoms with Crippen LogP contribution in [-0.2, 0) is 60.3 Å². The van der Waals surface area contributed by atoms with E-state index in [1.165, 1.54) is 46.3 Å². The first kappa shape index (κ1) is 63.3. The number of carboxylic acid groups (broad SMARTS) is 3. The summed E-state index contributed by atoms with van der Waals surface area (Å²) in [5.74, 6) is -4.38. The fourth-order valence-corrected chi connectivity index (χ4v) is 6.76. The van der Waals surface area contributed by atoms with E-state index in [2.05, 4.69) is 81.8 Å². The maximum Gasteiger partial charge on any atom is 0.364 e. The number of benzene rings is 5. The van der Waals surface area contributed by atoms with Gasteiger partial charge in [0.2, 0.25) is 5.01 Å². The molecule has 77 heavy (non-hydrogen) atoms. The van der Waals surface area contributed by atoms with Crippen LogP contribution < -0.4 is 4.90 Å². The maximum atomic E-state index is 13.5. The van der Waals surface area contributed by atoms with Crippen LogP contribution in [0.2, 0.25) is 0 Å². The minimum Gasteiger partial charge on any atom is -0.476 e. The molecule has 0 aliphatic carbocycles. The van der Waals surface area contributed by atoms with E-state index < -0.39 is 29.5 Å². The second-order valence-corrected chi connectivity index (χ2v) is 15.8. The second kappa shape index (κ2) is 33.1. The topological polar surface area (TPSA) is 219 Å². The first-order valence-corrected chi connectivity index (χ1v) is 22.6. The van der Waals surface area contributed by atoms with Crippen molar-refractivity contribution >= 4 is 56.5 Å². The normalized spacial score (nSPS) is 9.56. The van der Waals surface area contributed by atoms with Gasteiger partial charge in [-0.15, -0.1) is 95.3 Å². The predicted molar refractivity (Wildman–Crippen MR) is 276 cm³/mol. The van der Waals surface area contributed by atoms with Gasteiger partial charge in [0, 0.05) is 134 Å². The van der Waals surface area contributed by atoms with E-state index >= 15 is 0 Å². The van der Waals surface area contributed by atoms with Gasteiger partial charge in [-0.05, 0) is 56.8 Å². The van der Waals surface area contributed by atoms with E-state index in [0.29, 0.717) is 5.69 Å². The number of carbonyl (C=O) groups is 3. The zero-order chi connectivity index (χ0) is 52.7. The summed E-state index contributed by atoms with van der Waals surface area (Å²) >= 11 is 1.12. The molecule has 11 aromatic rings. The molecule has 21 heteroatoms. The quantitative estimate of drug-likeness (QED) is 0.126. The van der Waals surface area contributed by atoms with Crippen molar-refractivity contribution in [2.45, 2.75) is 0 Å². The summed E-state index contributed by atoms with van der Waals surface area (Å²) in [4.78, 5) is 58.8. The molecule has 0 aliphatic heterocycles. The van der Waals surface area contributed by atoms with Gasteiger partial charge in [-0.3, -0.25) is 13.8 Å². The maximum absolute atomic E-state index is 13.5. The van der Waals surface area contributed by atoms with Gasteiger partial charge in [0.05, 0.1) is 6.20 Å². The number of halogens is 2. The van der Waals surface area contributed by atoms with Gasteiger partial charge in [-0.25, -0.2) is 29.3 Å². The summed E-state index contributed by atoms with van der Waals surface area (Å²) in [6, 6.07) is 50.9. The van der Waals surface area contributed by atoms with Gasteiger partial charge in [-0.1, -0.05) is 66.2 Å². The van der Waals surface area contributed by atoms with Gasteiger partial charge in [0.15, 0.2) is 17.8 Å². The number of nitrogens with zero attached hydrogens (tertiary/aromatic N) is 8. The minimum absolute atomic E-state index is 0. The Bertz CT molecular complexity index is 3360. The van der Waals surface area contributed by atoms with E-state index in [4.69, 9.17) is 15.3 Å². The van der Waals surface area contributed by atoms with Crippen LogP contribution in [0.3, 0.4) is 0 Å². The molecule has 0 spiro atoms. The Morgan fingerprint density at radius 2 is 1.16 bits per heavy atom. The van der Waals surface area contributed by atoms with Crippen LogP contribution in [0.5, 0.6) is 0 Å². The van der Waals surface area contributed by atoms with Crippen LogP contribution in [0.1, 0.15) is 30.8 Å². The molecule has 0 bridgehead atoms. The molecule has 0 amide bonds. The van der Waals surface area contributed by atoms with E-state index in [-0.39, 0.29) is 82.3 Å². The fourth-order valence-electron chi connectivity index (χ4n) is 6.28. The van der Waals surface area contributed by atoms with E-state index in [0.717, 1.165) is 64.3 Å². The molecular weight excluding hydrogens is 1540 g/mol. The molecule has 0 unspecified atom stereocenters. The van der Waals surface area contributed by atoms with Crippen LogP contribution >= 0.6 is 11.3 Å². The van der Waals surface area contributed by atoms with Crippen molar-refractivity contribution in [3.63, 3.8) is 0 Å². The molecule has 6 aromatic heterocycles. The van der Waals surface area contributed by atoms with Gasteiger partial charge >= 0.3 is 17.9 Å². The van der Waals surface area contributed by atoms with E-state index in [1.807, 2.05) is 122 Å². The number of pyridine rings is 3. The molecule has 0 saturated heterocycles. The average Bonchev–Trinajstić information content (AvgIpc) is 4.21. The van der Waals surface area contributed by atoms with Gasteiger partial charge in [-0.2, -0.15) is 0 Å². The second-order valence-electron chi connectivity index (χ2n) is 14.9. The molecule has 5 aromatic carbocycles. The zero-order valence-corrected chi connectivity index (χ0v) is 48.2. The average molecular weight is 1580 g/mol. The van der Waals surface area contributed by atoms with Crippen LogP contribution in [0.4, 0.5) is 14.5 Å². The fraction of sp³-hybridized carbons (Fsp3) is 0.0357. The summed E-state index contributed by atoms with van der Waals surface area (Å²) in [5, 5.41) is 31.2. The Kier molecular flexibility index (Phi) is 27.2. The minimum atomic E-state index is -1.07. The van der Waals surface area contributed by atoms with Crippen LogP contribution in [0, 0.1) is 29.8 Å². The van der Waals surface area contributed by atoms with E-state index in [1.54, 1.807) is 17.6 Å². The number of hydrogen-bond acceptors (Lipinski definition) is 13. The molecule has 0 fully saturated rings. The Morgan fingerprint density at radius 3 is 1.57 bits per heavy atom. The number of aromatic nitrogens is 7. The predicted octanol–water partition coefficient (Wildman–Crippen LogP) is 11.7. The molecule has 397 valence electrons. The molecular formula is C56H41F2Ir3N8O7S-3. The van der Waals surface area contributed by atoms with Crippen molar-refractivity contribution in [2.75, 3.05) is 19.0 Å². The number of oxazole rings is 1. The van der Waals surface area contributed by atoms with Crippen LogP contribution in [0.25, 0.3) is 55.3 Å². The summed E-state index contributed by atoms with van der Waals surface area (Å²) in [6.07, 6.45) is 12.8. The third-order valence-corrected chi connectivity index (χ3v) is 10.5. The van der Waals surface area contributed by atoms with Gasteiger partial charge < -0.3 is 39.6 Å². The van der Waals surface area contributed by atoms with Crippen molar-refractivity contribution in [1.82, 2.24) is 34.9 Å². The Hall–Kier alpha value is -7.99. The van der Waals surface area contributed by atoms with Gasteiger partial charge in [0.1, 0.15) is 6.26 Å². The van der Waals surface area contributed by atoms with Crippen LogP contribution in [0.15, 0.2) is 199 Å². The van der Waals surface area contributed by atoms with Crippen molar-refractivity contribution in [2.24, 2.45) is 0 Å². The smallest absolute Gasteiger partial charge is 0.364 e. The van der Waals surface area contributed by atoms with Crippen LogP contribution in [-0.4, -0.2) is 82.2 Å². The van der Waals surface area contributed by atoms with E-state index in [9.17, 15) is 23.2 Å². The first-order valence-electron chi connectivity index (χ1n) is 21.7.